The van der Waals surface area contributed by atoms with Crippen molar-refractivity contribution in [1.82, 2.24) is 0 Å². The second-order valence-electron chi connectivity index (χ2n) is 13.0. The molecule has 7 N–H and O–H groups in total. The van der Waals surface area contributed by atoms with Crippen LogP contribution in [0.2, 0.25) is 0 Å². The first kappa shape index (κ1) is 40.7. The van der Waals surface area contributed by atoms with Crippen LogP contribution in [0.15, 0.2) is 0 Å². The number of unbranched alkanes of at least 4 members (excludes halogenated alkanes) is 18. The first-order valence-electron chi connectivity index (χ1n) is 17.7. The van der Waals surface area contributed by atoms with E-state index in [2.05, 4.69) is 0 Å². The van der Waals surface area contributed by atoms with Crippen molar-refractivity contribution in [2.75, 3.05) is 13.2 Å². The molecule has 1 heterocycles. The van der Waals surface area contributed by atoms with Crippen LogP contribution in [0.5, 0.6) is 0 Å². The molecule has 8 atom stereocenters. The minimum atomic E-state index is -1.45. The lowest BCUT2D eigenvalue weighted by atomic mass is 9.99. The summed E-state index contributed by atoms with van der Waals surface area (Å²) in [6.45, 7) is 1.40. The number of hydrogen-bond acceptors (Lipinski definition) is 9. The molecule has 1 aliphatic rings. The van der Waals surface area contributed by atoms with Crippen LogP contribution in [-0.4, -0.2) is 98.0 Å². The topological polar surface area (TPSA) is 160 Å². The maximum Gasteiger partial charge on any atom is 0.186 e. The van der Waals surface area contributed by atoms with Crippen molar-refractivity contribution in [2.45, 2.75) is 204 Å². The van der Waals surface area contributed by atoms with Crippen molar-refractivity contribution in [3.05, 3.63) is 0 Å². The summed E-state index contributed by atoms with van der Waals surface area (Å²) in [5.74, 6) is 0. The molecule has 0 unspecified atom stereocenters. The molecule has 0 radical (unpaired) electrons. The molecule has 1 saturated heterocycles. The number of aliphatic hydroxyl groups excluding tert-OH is 7. The third-order valence-corrected chi connectivity index (χ3v) is 8.77. The average molecular weight is 621 g/mol. The number of aliphatic hydroxyl groups is 7. The predicted molar refractivity (Wildman–Crippen MR) is 170 cm³/mol. The van der Waals surface area contributed by atoms with E-state index in [0.29, 0.717) is 19.3 Å². The zero-order valence-corrected chi connectivity index (χ0v) is 27.2. The van der Waals surface area contributed by atoms with E-state index in [0.717, 1.165) is 25.7 Å². The Morgan fingerprint density at radius 1 is 0.535 bits per heavy atom. The highest BCUT2D eigenvalue weighted by molar-refractivity contribution is 4.88. The van der Waals surface area contributed by atoms with E-state index in [9.17, 15) is 35.7 Å². The molecule has 0 bridgehead atoms. The van der Waals surface area contributed by atoms with Crippen LogP contribution in [0, 0.1) is 0 Å². The highest BCUT2D eigenvalue weighted by Gasteiger charge is 2.43. The summed E-state index contributed by atoms with van der Waals surface area (Å²) in [6, 6.07) is 0. The lowest BCUT2D eigenvalue weighted by Crippen LogP contribution is -2.59. The van der Waals surface area contributed by atoms with E-state index in [1.54, 1.807) is 6.92 Å². The Morgan fingerprint density at radius 2 is 0.930 bits per heavy atom. The number of rotatable bonds is 29. The molecule has 0 aliphatic carbocycles. The van der Waals surface area contributed by atoms with Crippen LogP contribution < -0.4 is 0 Å². The van der Waals surface area contributed by atoms with Gasteiger partial charge in [-0.3, -0.25) is 0 Å². The summed E-state index contributed by atoms with van der Waals surface area (Å²) < 4.78 is 10.8. The van der Waals surface area contributed by atoms with E-state index >= 15 is 0 Å². The van der Waals surface area contributed by atoms with Crippen LogP contribution in [0.25, 0.3) is 0 Å². The van der Waals surface area contributed by atoms with Crippen molar-refractivity contribution >= 4 is 0 Å². The highest BCUT2D eigenvalue weighted by Crippen LogP contribution is 2.22. The van der Waals surface area contributed by atoms with Crippen molar-refractivity contribution in [1.29, 1.82) is 0 Å². The smallest absolute Gasteiger partial charge is 0.186 e. The maximum atomic E-state index is 10.2. The second-order valence-corrected chi connectivity index (χ2v) is 13.0. The first-order chi connectivity index (χ1) is 20.8. The summed E-state index contributed by atoms with van der Waals surface area (Å²) in [6.07, 6.45) is 19.0. The van der Waals surface area contributed by atoms with Gasteiger partial charge >= 0.3 is 0 Å². The molecule has 0 aromatic heterocycles. The third kappa shape index (κ3) is 21.1. The van der Waals surface area contributed by atoms with Crippen LogP contribution in [0.1, 0.15) is 155 Å². The fraction of sp³-hybridized carbons (Fsp3) is 1.00. The van der Waals surface area contributed by atoms with Crippen LogP contribution in [0.4, 0.5) is 0 Å². The fourth-order valence-electron chi connectivity index (χ4n) is 5.95. The molecule has 258 valence electrons. The molecule has 1 rings (SSSR count). The molecule has 43 heavy (non-hydrogen) atoms. The van der Waals surface area contributed by atoms with Crippen molar-refractivity contribution < 1.29 is 45.2 Å². The van der Waals surface area contributed by atoms with Gasteiger partial charge in [-0.15, -0.1) is 0 Å². The van der Waals surface area contributed by atoms with Gasteiger partial charge in [0.05, 0.1) is 31.5 Å². The van der Waals surface area contributed by atoms with E-state index in [1.165, 1.54) is 103 Å². The van der Waals surface area contributed by atoms with Gasteiger partial charge in [-0.2, -0.15) is 0 Å². The predicted octanol–water partition coefficient (Wildman–Crippen LogP) is 4.88. The summed E-state index contributed by atoms with van der Waals surface area (Å²) in [7, 11) is 0. The second kappa shape index (κ2) is 26.8. The molecule has 0 aromatic rings. The number of hydrogen-bond donors (Lipinski definition) is 7. The first-order valence-corrected chi connectivity index (χ1v) is 17.7. The highest BCUT2D eigenvalue weighted by atomic mass is 16.7. The van der Waals surface area contributed by atoms with Crippen LogP contribution >= 0.6 is 0 Å². The molecule has 9 heteroatoms. The third-order valence-electron chi connectivity index (χ3n) is 8.77. The van der Waals surface area contributed by atoms with Crippen molar-refractivity contribution in [2.24, 2.45) is 0 Å². The Bertz CT molecular complexity index is 606. The Labute approximate surface area is 262 Å². The minimum absolute atomic E-state index is 0.158. The van der Waals surface area contributed by atoms with Crippen LogP contribution in [-0.2, 0) is 9.47 Å². The maximum absolute atomic E-state index is 10.2. The summed E-state index contributed by atoms with van der Waals surface area (Å²) in [5, 5.41) is 68.0. The standard InChI is InChI=1S/C34H68O9/c1-27(36)25-29(38)22-20-18-16-14-12-10-8-6-4-2-3-5-7-9-11-13-15-17-19-21-28(37)23-24-42-34-33(41)32(40)31(39)30(26-35)43-34/h27-41H,2-26H2,1H3/t27-,28-,29+,30-,31-,32+,33+,34+/m1/s1. The van der Waals surface area contributed by atoms with Gasteiger partial charge in [-0.05, 0) is 32.6 Å². The molecule has 0 amide bonds. The lowest BCUT2D eigenvalue weighted by Gasteiger charge is -2.39. The van der Waals surface area contributed by atoms with Gasteiger partial charge in [0.2, 0.25) is 0 Å². The summed E-state index contributed by atoms with van der Waals surface area (Å²) >= 11 is 0. The molecule has 0 spiro atoms. The molecule has 0 saturated carbocycles. The monoisotopic (exact) mass is 620 g/mol. The molecule has 1 fully saturated rings. The van der Waals surface area contributed by atoms with E-state index in [4.69, 9.17) is 9.47 Å². The minimum Gasteiger partial charge on any atom is -0.394 e. The van der Waals surface area contributed by atoms with Gasteiger partial charge in [0.1, 0.15) is 24.4 Å². The Balaban J connectivity index is 1.79. The van der Waals surface area contributed by atoms with Gasteiger partial charge in [-0.1, -0.05) is 122 Å². The van der Waals surface area contributed by atoms with Crippen LogP contribution in [0.3, 0.4) is 0 Å². The molecule has 9 nitrogen and oxygen atoms in total. The van der Waals surface area contributed by atoms with Gasteiger partial charge in [0, 0.05) is 0 Å². The lowest BCUT2D eigenvalue weighted by molar-refractivity contribution is -0.301. The van der Waals surface area contributed by atoms with Crippen molar-refractivity contribution in [3.63, 3.8) is 0 Å². The zero-order valence-electron chi connectivity index (χ0n) is 27.2. The molecule has 1 aliphatic heterocycles. The average Bonchev–Trinajstić information content (AvgIpc) is 2.97. The fourth-order valence-corrected chi connectivity index (χ4v) is 5.95. The van der Waals surface area contributed by atoms with Gasteiger partial charge in [0.15, 0.2) is 6.29 Å². The number of ether oxygens (including phenoxy) is 2. The Hall–Kier alpha value is -0.360. The van der Waals surface area contributed by atoms with Gasteiger partial charge in [-0.25, -0.2) is 0 Å². The Kier molecular flexibility index (Phi) is 25.4. The van der Waals surface area contributed by atoms with Gasteiger partial charge < -0.3 is 45.2 Å². The molecule has 0 aromatic carbocycles. The normalized spacial score (nSPS) is 24.7. The molecular weight excluding hydrogens is 552 g/mol. The summed E-state index contributed by atoms with van der Waals surface area (Å²) in [5.41, 5.74) is 0. The zero-order chi connectivity index (χ0) is 31.7. The Morgan fingerprint density at radius 3 is 1.33 bits per heavy atom. The van der Waals surface area contributed by atoms with E-state index in [1.807, 2.05) is 0 Å². The SMILES string of the molecule is C[C@@H](O)C[C@@H](O)CCCCCCCCCCCCCCCCCCCCC[C@@H](O)CCO[C@H]1O[C@H](CO)[C@@H](O)[C@H](O)[C@@H]1O. The van der Waals surface area contributed by atoms with E-state index in [-0.39, 0.29) is 12.7 Å². The summed E-state index contributed by atoms with van der Waals surface area (Å²) in [4.78, 5) is 0. The largest absolute Gasteiger partial charge is 0.394 e. The van der Waals surface area contributed by atoms with E-state index < -0.39 is 49.5 Å². The van der Waals surface area contributed by atoms with Crippen molar-refractivity contribution in [3.8, 4) is 0 Å². The quantitative estimate of drug-likeness (QED) is 0.0579. The van der Waals surface area contributed by atoms with Gasteiger partial charge in [0.25, 0.3) is 0 Å². The molecular formula is C34H68O9.